The lowest BCUT2D eigenvalue weighted by Crippen LogP contribution is -2.41. The van der Waals surface area contributed by atoms with Gasteiger partial charge in [0, 0.05) is 18.2 Å². The lowest BCUT2D eigenvalue weighted by Gasteiger charge is -2.27. The third-order valence-electron chi connectivity index (χ3n) is 5.28. The minimum Gasteiger partial charge on any atom is -0.481 e. The summed E-state index contributed by atoms with van der Waals surface area (Å²) in [4.78, 5) is 25.1. The molecule has 2 N–H and O–H groups in total. The molecule has 0 amide bonds. The van der Waals surface area contributed by atoms with Crippen LogP contribution in [0, 0.1) is 5.82 Å². The highest BCUT2D eigenvalue weighted by atomic mass is 19.1. The molecule has 0 radical (unpaired) electrons. The van der Waals surface area contributed by atoms with Gasteiger partial charge in [-0.1, -0.05) is 42.5 Å². The zero-order chi connectivity index (χ0) is 19.8. The third-order valence-corrected chi connectivity index (χ3v) is 5.28. The molecule has 6 heteroatoms. The van der Waals surface area contributed by atoms with E-state index in [0.29, 0.717) is 11.3 Å². The normalized spacial score (nSPS) is 18.2. The number of aliphatic carboxylic acids is 2. The molecule has 3 aromatic rings. The van der Waals surface area contributed by atoms with Gasteiger partial charge in [0.15, 0.2) is 0 Å². The smallest absolute Gasteiger partial charge is 0.327 e. The first-order chi connectivity index (χ1) is 13.5. The SMILES string of the molecule is O=C(O)CC1c2cc(F)ccc2N(Cc2cccc3ccccc23)C1C(=O)O. The van der Waals surface area contributed by atoms with E-state index in [4.69, 9.17) is 0 Å². The van der Waals surface area contributed by atoms with E-state index in [-0.39, 0.29) is 13.0 Å². The van der Waals surface area contributed by atoms with Crippen LogP contribution in [0.2, 0.25) is 0 Å². The van der Waals surface area contributed by atoms with Gasteiger partial charge < -0.3 is 15.1 Å². The van der Waals surface area contributed by atoms with Crippen molar-refractivity contribution >= 4 is 28.4 Å². The number of carbonyl (C=O) groups is 2. The molecule has 0 fully saturated rings. The Bertz CT molecular complexity index is 1080. The number of fused-ring (bicyclic) bond motifs is 2. The van der Waals surface area contributed by atoms with Gasteiger partial charge in [0.05, 0.1) is 6.42 Å². The average molecular weight is 379 g/mol. The molecule has 0 bridgehead atoms. The summed E-state index contributed by atoms with van der Waals surface area (Å²) >= 11 is 0. The van der Waals surface area contributed by atoms with Crippen LogP contribution in [0.25, 0.3) is 10.8 Å². The van der Waals surface area contributed by atoms with Crippen molar-refractivity contribution in [3.05, 3.63) is 77.6 Å². The highest BCUT2D eigenvalue weighted by Crippen LogP contribution is 2.44. The Morgan fingerprint density at radius 1 is 1.00 bits per heavy atom. The predicted octanol–water partition coefficient (Wildman–Crippen LogP) is 4.01. The van der Waals surface area contributed by atoms with E-state index in [9.17, 15) is 24.2 Å². The monoisotopic (exact) mass is 379 g/mol. The Kier molecular flexibility index (Phi) is 4.47. The van der Waals surface area contributed by atoms with Crippen molar-refractivity contribution in [1.82, 2.24) is 0 Å². The summed E-state index contributed by atoms with van der Waals surface area (Å²) in [7, 11) is 0. The number of carboxylic acids is 2. The van der Waals surface area contributed by atoms with Crippen molar-refractivity contribution in [3.8, 4) is 0 Å². The predicted molar refractivity (Wildman–Crippen MR) is 103 cm³/mol. The van der Waals surface area contributed by atoms with E-state index in [1.54, 1.807) is 4.90 Å². The average Bonchev–Trinajstić information content (AvgIpc) is 2.94. The van der Waals surface area contributed by atoms with E-state index in [0.717, 1.165) is 16.3 Å². The van der Waals surface area contributed by atoms with Gasteiger partial charge in [-0.15, -0.1) is 0 Å². The minimum atomic E-state index is -1.12. The lowest BCUT2D eigenvalue weighted by atomic mass is 9.91. The van der Waals surface area contributed by atoms with E-state index >= 15 is 0 Å². The van der Waals surface area contributed by atoms with Gasteiger partial charge in [0.25, 0.3) is 0 Å². The van der Waals surface area contributed by atoms with Crippen LogP contribution in [0.5, 0.6) is 0 Å². The van der Waals surface area contributed by atoms with Crippen LogP contribution in [0.1, 0.15) is 23.5 Å². The first-order valence-electron chi connectivity index (χ1n) is 8.93. The molecule has 0 aromatic heterocycles. The van der Waals surface area contributed by atoms with Crippen molar-refractivity contribution in [1.29, 1.82) is 0 Å². The van der Waals surface area contributed by atoms with Crippen molar-refractivity contribution in [3.63, 3.8) is 0 Å². The summed E-state index contributed by atoms with van der Waals surface area (Å²) in [6.07, 6.45) is -0.376. The maximum Gasteiger partial charge on any atom is 0.327 e. The maximum atomic E-state index is 13.8. The largest absolute Gasteiger partial charge is 0.481 e. The topological polar surface area (TPSA) is 77.8 Å². The van der Waals surface area contributed by atoms with Gasteiger partial charge in [-0.3, -0.25) is 4.79 Å². The molecule has 1 aliphatic heterocycles. The molecule has 4 rings (SSSR count). The van der Waals surface area contributed by atoms with Gasteiger partial charge in [-0.25, -0.2) is 9.18 Å². The molecule has 0 aliphatic carbocycles. The number of nitrogens with zero attached hydrogens (tertiary/aromatic N) is 1. The Balaban J connectivity index is 1.82. The molecule has 1 aliphatic rings. The zero-order valence-corrected chi connectivity index (χ0v) is 14.9. The van der Waals surface area contributed by atoms with Crippen LogP contribution < -0.4 is 4.90 Å². The number of benzene rings is 3. The van der Waals surface area contributed by atoms with Gasteiger partial charge in [-0.2, -0.15) is 0 Å². The number of carboxylic acid groups (broad SMARTS) is 2. The first-order valence-corrected chi connectivity index (χ1v) is 8.93. The number of halogens is 1. The second-order valence-electron chi connectivity index (χ2n) is 6.96. The summed E-state index contributed by atoms with van der Waals surface area (Å²) in [6, 6.07) is 16.6. The quantitative estimate of drug-likeness (QED) is 0.700. The van der Waals surface area contributed by atoms with Crippen LogP contribution in [-0.2, 0) is 16.1 Å². The zero-order valence-electron chi connectivity index (χ0n) is 14.9. The van der Waals surface area contributed by atoms with E-state index in [2.05, 4.69) is 0 Å². The lowest BCUT2D eigenvalue weighted by molar-refractivity contribution is -0.140. The Labute approximate surface area is 160 Å². The molecule has 0 spiro atoms. The van der Waals surface area contributed by atoms with Crippen LogP contribution in [-0.4, -0.2) is 28.2 Å². The molecule has 2 unspecified atom stereocenters. The number of hydrogen-bond acceptors (Lipinski definition) is 3. The van der Waals surface area contributed by atoms with Gasteiger partial charge in [0.1, 0.15) is 11.9 Å². The first kappa shape index (κ1) is 18.0. The van der Waals surface area contributed by atoms with Gasteiger partial charge in [-0.05, 0) is 40.1 Å². The molecule has 28 heavy (non-hydrogen) atoms. The maximum absolute atomic E-state index is 13.8. The highest BCUT2D eigenvalue weighted by molar-refractivity contribution is 5.88. The fraction of sp³-hybridized carbons (Fsp3) is 0.182. The molecule has 0 saturated heterocycles. The Morgan fingerprint density at radius 2 is 1.75 bits per heavy atom. The fourth-order valence-corrected chi connectivity index (χ4v) is 4.13. The number of anilines is 1. The molecule has 3 aromatic carbocycles. The highest BCUT2D eigenvalue weighted by Gasteiger charge is 2.44. The van der Waals surface area contributed by atoms with Crippen LogP contribution in [0.3, 0.4) is 0 Å². The van der Waals surface area contributed by atoms with Crippen molar-refractivity contribution in [2.45, 2.75) is 24.9 Å². The minimum absolute atomic E-state index is 0.285. The summed E-state index contributed by atoms with van der Waals surface area (Å²) in [5, 5.41) is 21.2. The summed E-state index contributed by atoms with van der Waals surface area (Å²) in [5.41, 5.74) is 1.92. The molecule has 5 nitrogen and oxygen atoms in total. The van der Waals surface area contributed by atoms with Crippen molar-refractivity contribution in [2.75, 3.05) is 4.90 Å². The van der Waals surface area contributed by atoms with Crippen LogP contribution in [0.15, 0.2) is 60.7 Å². The summed E-state index contributed by atoms with van der Waals surface area (Å²) in [6.45, 7) is 0.285. The standard InChI is InChI=1S/C22H18FNO4/c23-15-8-9-19-17(10-15)18(11-20(25)26)21(22(27)28)24(19)12-14-6-3-5-13-4-1-2-7-16(13)14/h1-10,18,21H,11-12H2,(H,25,26)(H,27,28). The Hall–Kier alpha value is -3.41. The number of hydrogen-bond donors (Lipinski definition) is 2. The summed E-state index contributed by atoms with van der Waals surface area (Å²) in [5.74, 6) is -3.57. The van der Waals surface area contributed by atoms with E-state index in [1.807, 2.05) is 42.5 Å². The molecular weight excluding hydrogens is 361 g/mol. The summed E-state index contributed by atoms with van der Waals surface area (Å²) < 4.78 is 13.8. The van der Waals surface area contributed by atoms with Crippen molar-refractivity contribution < 1.29 is 24.2 Å². The third kappa shape index (κ3) is 3.07. The molecule has 1 heterocycles. The second-order valence-corrected chi connectivity index (χ2v) is 6.96. The second kappa shape index (κ2) is 6.96. The van der Waals surface area contributed by atoms with E-state index < -0.39 is 29.7 Å². The van der Waals surface area contributed by atoms with Gasteiger partial charge in [0.2, 0.25) is 0 Å². The van der Waals surface area contributed by atoms with Crippen molar-refractivity contribution in [2.24, 2.45) is 0 Å². The number of rotatable bonds is 5. The fourth-order valence-electron chi connectivity index (χ4n) is 4.13. The molecule has 2 atom stereocenters. The molecular formula is C22H18FNO4. The van der Waals surface area contributed by atoms with Crippen LogP contribution in [0.4, 0.5) is 10.1 Å². The van der Waals surface area contributed by atoms with Gasteiger partial charge >= 0.3 is 11.9 Å². The Morgan fingerprint density at radius 3 is 2.50 bits per heavy atom. The molecule has 142 valence electrons. The molecule has 0 saturated carbocycles. The van der Waals surface area contributed by atoms with E-state index in [1.165, 1.54) is 18.2 Å². The van der Waals surface area contributed by atoms with Crippen LogP contribution >= 0.6 is 0 Å².